The molecule has 3 aromatic carbocycles. The van der Waals surface area contributed by atoms with Crippen LogP contribution in [-0.2, 0) is 6.42 Å². The van der Waals surface area contributed by atoms with Gasteiger partial charge in [-0.25, -0.2) is 4.79 Å². The van der Waals surface area contributed by atoms with Crippen LogP contribution >= 0.6 is 11.6 Å². The Balaban J connectivity index is 1.67. The van der Waals surface area contributed by atoms with Gasteiger partial charge < -0.3 is 5.32 Å². The van der Waals surface area contributed by atoms with Gasteiger partial charge in [-0.15, -0.1) is 0 Å². The van der Waals surface area contributed by atoms with Gasteiger partial charge in [-0.3, -0.25) is 14.3 Å². The van der Waals surface area contributed by atoms with Gasteiger partial charge >= 0.3 is 5.76 Å². The van der Waals surface area contributed by atoms with Gasteiger partial charge in [0.05, 0.1) is 5.69 Å². The normalized spacial score (nSPS) is 10.9. The van der Waals surface area contributed by atoms with Crippen LogP contribution < -0.4 is 11.1 Å². The molecule has 28 heavy (non-hydrogen) atoms. The van der Waals surface area contributed by atoms with Crippen molar-refractivity contribution in [1.82, 2.24) is 10.1 Å². The number of benzene rings is 3. The van der Waals surface area contributed by atoms with E-state index in [1.54, 1.807) is 24.3 Å². The molecule has 0 radical (unpaired) electrons. The molecule has 0 atom stereocenters. The summed E-state index contributed by atoms with van der Waals surface area (Å²) in [5.41, 5.74) is 2.68. The lowest BCUT2D eigenvalue weighted by Gasteiger charge is -2.10. The number of hydrogen-bond acceptors (Lipinski definition) is 4. The molecule has 0 aliphatic heterocycles. The number of hydrogen-bond donors (Lipinski definition) is 2. The number of carbonyl (C=O) groups excluding carboxylic acids is 1. The van der Waals surface area contributed by atoms with Gasteiger partial charge in [0, 0.05) is 16.1 Å². The number of rotatable bonds is 4. The van der Waals surface area contributed by atoms with Gasteiger partial charge in [0.2, 0.25) is 0 Å². The third-order valence-electron chi connectivity index (χ3n) is 4.50. The second-order valence-corrected chi connectivity index (χ2v) is 6.77. The molecule has 4 rings (SSSR count). The number of amides is 1. The summed E-state index contributed by atoms with van der Waals surface area (Å²) < 4.78 is 4.55. The van der Waals surface area contributed by atoms with Crippen molar-refractivity contribution in [3.8, 4) is 11.4 Å². The first-order valence-electron chi connectivity index (χ1n) is 8.73. The molecule has 2 N–H and O–H groups in total. The highest BCUT2D eigenvalue weighted by molar-refractivity contribution is 6.31. The molecule has 6 nitrogen and oxygen atoms in total. The summed E-state index contributed by atoms with van der Waals surface area (Å²) in [6, 6.07) is 16.6. The second kappa shape index (κ2) is 7.32. The molecule has 140 valence electrons. The van der Waals surface area contributed by atoms with Crippen LogP contribution in [0.5, 0.6) is 0 Å². The van der Waals surface area contributed by atoms with Crippen molar-refractivity contribution in [2.24, 2.45) is 0 Å². The van der Waals surface area contributed by atoms with E-state index in [0.717, 1.165) is 17.2 Å². The Hall–Kier alpha value is -3.38. The van der Waals surface area contributed by atoms with E-state index in [1.165, 1.54) is 5.56 Å². The average molecular weight is 394 g/mol. The van der Waals surface area contributed by atoms with Crippen LogP contribution in [-0.4, -0.2) is 16.0 Å². The van der Waals surface area contributed by atoms with E-state index in [1.807, 2.05) is 18.2 Å². The van der Waals surface area contributed by atoms with Gasteiger partial charge in [-0.2, -0.15) is 0 Å². The zero-order valence-corrected chi connectivity index (χ0v) is 15.7. The lowest BCUT2D eigenvalue weighted by atomic mass is 10.0. The minimum Gasteiger partial charge on any atom is -0.321 e. The zero-order valence-electron chi connectivity index (χ0n) is 15.0. The summed E-state index contributed by atoms with van der Waals surface area (Å²) in [6.07, 6.45) is 0.960. The Morgan fingerprint density at radius 1 is 1.11 bits per heavy atom. The van der Waals surface area contributed by atoms with Crippen LogP contribution in [0.25, 0.3) is 22.2 Å². The minimum absolute atomic E-state index is 0.188. The van der Waals surface area contributed by atoms with E-state index in [2.05, 4.69) is 39.0 Å². The van der Waals surface area contributed by atoms with E-state index in [-0.39, 0.29) is 11.7 Å². The number of aromatic amines is 1. The summed E-state index contributed by atoms with van der Waals surface area (Å²) in [5, 5.41) is 9.03. The van der Waals surface area contributed by atoms with Gasteiger partial charge in [-0.05, 0) is 53.1 Å². The fourth-order valence-electron chi connectivity index (χ4n) is 3.02. The number of aromatic nitrogens is 2. The summed E-state index contributed by atoms with van der Waals surface area (Å²) in [5.74, 6) is -0.780. The summed E-state index contributed by atoms with van der Waals surface area (Å²) in [6.45, 7) is 2.11. The highest BCUT2D eigenvalue weighted by atomic mass is 35.5. The molecule has 1 aromatic heterocycles. The maximum Gasteiger partial charge on any atom is 0.439 e. The first-order valence-corrected chi connectivity index (χ1v) is 9.11. The SMILES string of the molecule is CCc1ccc2cc(C(=O)Nc3ccc(Cl)cc3-c3noc(=O)[nH]3)ccc2c1. The predicted molar refractivity (Wildman–Crippen MR) is 109 cm³/mol. The monoisotopic (exact) mass is 393 g/mol. The maximum atomic E-state index is 12.8. The van der Waals surface area contributed by atoms with E-state index in [4.69, 9.17) is 11.6 Å². The molecule has 4 aromatic rings. The van der Waals surface area contributed by atoms with Crippen molar-refractivity contribution in [3.63, 3.8) is 0 Å². The molecule has 1 heterocycles. The van der Waals surface area contributed by atoms with Crippen molar-refractivity contribution < 1.29 is 9.32 Å². The molecule has 7 heteroatoms. The number of nitrogens with zero attached hydrogens (tertiary/aromatic N) is 1. The highest BCUT2D eigenvalue weighted by Crippen LogP contribution is 2.29. The number of anilines is 1. The molecule has 0 saturated carbocycles. The van der Waals surface area contributed by atoms with Crippen LogP contribution in [0.1, 0.15) is 22.8 Å². The average Bonchev–Trinajstić information content (AvgIpc) is 3.14. The fourth-order valence-corrected chi connectivity index (χ4v) is 3.19. The molecule has 0 saturated heterocycles. The van der Waals surface area contributed by atoms with Gasteiger partial charge in [0.1, 0.15) is 0 Å². The Morgan fingerprint density at radius 2 is 1.89 bits per heavy atom. The van der Waals surface area contributed by atoms with Crippen LogP contribution in [0, 0.1) is 0 Å². The first-order chi connectivity index (χ1) is 13.5. The van der Waals surface area contributed by atoms with Gasteiger partial charge in [0.15, 0.2) is 5.82 Å². The van der Waals surface area contributed by atoms with Crippen molar-refractivity contribution in [3.05, 3.63) is 81.3 Å². The topological polar surface area (TPSA) is 88.0 Å². The Bertz CT molecular complexity index is 1240. The van der Waals surface area contributed by atoms with E-state index in [0.29, 0.717) is 21.8 Å². The molecule has 0 fully saturated rings. The van der Waals surface area contributed by atoms with Crippen LogP contribution in [0.3, 0.4) is 0 Å². The van der Waals surface area contributed by atoms with Crippen LogP contribution in [0.2, 0.25) is 5.02 Å². The molecular weight excluding hydrogens is 378 g/mol. The molecule has 0 spiro atoms. The van der Waals surface area contributed by atoms with E-state index >= 15 is 0 Å². The smallest absolute Gasteiger partial charge is 0.321 e. The number of aryl methyl sites for hydroxylation is 1. The zero-order chi connectivity index (χ0) is 19.7. The molecule has 0 bridgehead atoms. The predicted octanol–water partition coefficient (Wildman–Crippen LogP) is 4.65. The lowest BCUT2D eigenvalue weighted by Crippen LogP contribution is -2.12. The minimum atomic E-state index is -0.687. The van der Waals surface area contributed by atoms with Crippen molar-refractivity contribution >= 4 is 34.0 Å². The van der Waals surface area contributed by atoms with Gasteiger partial charge in [-0.1, -0.05) is 47.9 Å². The maximum absolute atomic E-state index is 12.8. The van der Waals surface area contributed by atoms with E-state index in [9.17, 15) is 9.59 Å². The molecular formula is C21H16ClN3O3. The van der Waals surface area contributed by atoms with Crippen molar-refractivity contribution in [2.75, 3.05) is 5.32 Å². The quantitative estimate of drug-likeness (QED) is 0.528. The molecule has 1 amide bonds. The number of nitrogens with one attached hydrogen (secondary N) is 2. The standard InChI is InChI=1S/C21H16ClN3O3/c1-2-12-3-4-14-10-15(6-5-13(14)9-12)20(26)23-18-8-7-16(22)11-17(18)19-24-21(27)28-25-19/h3-11H,2H2,1H3,(H,23,26)(H,24,25,27). The third kappa shape index (κ3) is 3.54. The van der Waals surface area contributed by atoms with Crippen LogP contribution in [0.15, 0.2) is 63.9 Å². The first kappa shape index (κ1) is 18.0. The van der Waals surface area contributed by atoms with Crippen molar-refractivity contribution in [1.29, 1.82) is 0 Å². The molecule has 0 aliphatic rings. The number of H-pyrrole nitrogens is 1. The second-order valence-electron chi connectivity index (χ2n) is 6.34. The third-order valence-corrected chi connectivity index (χ3v) is 4.74. The summed E-state index contributed by atoms with van der Waals surface area (Å²) >= 11 is 6.05. The Kier molecular flexibility index (Phi) is 4.71. The summed E-state index contributed by atoms with van der Waals surface area (Å²) in [4.78, 5) is 26.5. The number of halogens is 1. The largest absolute Gasteiger partial charge is 0.439 e. The number of fused-ring (bicyclic) bond motifs is 1. The van der Waals surface area contributed by atoms with Crippen molar-refractivity contribution in [2.45, 2.75) is 13.3 Å². The summed E-state index contributed by atoms with van der Waals surface area (Å²) in [7, 11) is 0. The molecule has 0 aliphatic carbocycles. The highest BCUT2D eigenvalue weighted by Gasteiger charge is 2.14. The number of carbonyl (C=O) groups is 1. The Morgan fingerprint density at radius 3 is 2.64 bits per heavy atom. The molecule has 0 unspecified atom stereocenters. The Labute approximate surface area is 165 Å². The van der Waals surface area contributed by atoms with Gasteiger partial charge in [0.25, 0.3) is 5.91 Å². The van der Waals surface area contributed by atoms with E-state index < -0.39 is 5.76 Å². The van der Waals surface area contributed by atoms with Crippen LogP contribution in [0.4, 0.5) is 5.69 Å². The lowest BCUT2D eigenvalue weighted by molar-refractivity contribution is 0.102. The fraction of sp³-hybridized carbons (Fsp3) is 0.0952.